The number of amides is 2. The van der Waals surface area contributed by atoms with Crippen molar-refractivity contribution < 1.29 is 18.8 Å². The number of thioether (sulfide) groups is 1. The molecule has 2 amide bonds. The molecule has 0 fully saturated rings. The first-order chi connectivity index (χ1) is 14.0. The van der Waals surface area contributed by atoms with Crippen LogP contribution >= 0.6 is 23.4 Å². The van der Waals surface area contributed by atoms with Crippen LogP contribution in [0.1, 0.15) is 5.76 Å². The van der Waals surface area contributed by atoms with Crippen molar-refractivity contribution in [3.8, 4) is 11.5 Å². The molecule has 0 bridgehead atoms. The standard InChI is InChI=1S/C20H18ClN3O4S/c1-13-9-18(24-28-13)23-20(26)12-29-11-19(25)22-16-10-14(21)7-8-17(16)27-15-5-3-2-4-6-15/h2-10H,11-12H2,1H3,(H,22,25)(H,23,24,26). The van der Waals surface area contributed by atoms with Crippen LogP contribution in [0.15, 0.2) is 59.1 Å². The SMILES string of the molecule is Cc1cc(NC(=O)CSCC(=O)Nc2cc(Cl)ccc2Oc2ccccc2)no1. The lowest BCUT2D eigenvalue weighted by molar-refractivity contribution is -0.114. The highest BCUT2D eigenvalue weighted by atomic mass is 35.5. The van der Waals surface area contributed by atoms with Gasteiger partial charge >= 0.3 is 0 Å². The maximum Gasteiger partial charge on any atom is 0.235 e. The van der Waals surface area contributed by atoms with E-state index in [2.05, 4.69) is 15.8 Å². The molecule has 150 valence electrons. The number of anilines is 2. The van der Waals surface area contributed by atoms with Crippen LogP contribution in [0.3, 0.4) is 0 Å². The van der Waals surface area contributed by atoms with Gasteiger partial charge in [0.1, 0.15) is 11.5 Å². The summed E-state index contributed by atoms with van der Waals surface area (Å²) >= 11 is 7.22. The summed E-state index contributed by atoms with van der Waals surface area (Å²) in [4.78, 5) is 24.2. The number of benzene rings is 2. The molecule has 1 heterocycles. The second-order valence-electron chi connectivity index (χ2n) is 5.97. The van der Waals surface area contributed by atoms with Crippen LogP contribution in [-0.4, -0.2) is 28.5 Å². The maximum absolute atomic E-state index is 12.3. The van der Waals surface area contributed by atoms with Crippen LogP contribution in [0.4, 0.5) is 11.5 Å². The van der Waals surface area contributed by atoms with Gasteiger partial charge in [0, 0.05) is 11.1 Å². The minimum Gasteiger partial charge on any atom is -0.455 e. The van der Waals surface area contributed by atoms with Crippen molar-refractivity contribution in [3.05, 3.63) is 65.4 Å². The van der Waals surface area contributed by atoms with Gasteiger partial charge in [0.2, 0.25) is 11.8 Å². The molecule has 2 aromatic carbocycles. The third-order valence-corrected chi connectivity index (χ3v) is 4.72. The minimum atomic E-state index is -0.278. The first-order valence-corrected chi connectivity index (χ1v) is 10.2. The Morgan fingerprint density at radius 2 is 1.79 bits per heavy atom. The van der Waals surface area contributed by atoms with E-state index in [1.54, 1.807) is 31.2 Å². The molecular weight excluding hydrogens is 414 g/mol. The molecule has 0 aliphatic heterocycles. The summed E-state index contributed by atoms with van der Waals surface area (Å²) in [7, 11) is 0. The average Bonchev–Trinajstić information content (AvgIpc) is 3.09. The van der Waals surface area contributed by atoms with Gasteiger partial charge in [-0.3, -0.25) is 9.59 Å². The van der Waals surface area contributed by atoms with E-state index in [0.717, 1.165) is 0 Å². The Hall–Kier alpha value is -2.97. The molecule has 3 rings (SSSR count). The number of halogens is 1. The third-order valence-electron chi connectivity index (χ3n) is 3.55. The van der Waals surface area contributed by atoms with Crippen LogP contribution in [0.2, 0.25) is 5.02 Å². The van der Waals surface area contributed by atoms with Crippen molar-refractivity contribution in [1.29, 1.82) is 0 Å². The van der Waals surface area contributed by atoms with Crippen molar-refractivity contribution in [2.75, 3.05) is 22.1 Å². The summed E-state index contributed by atoms with van der Waals surface area (Å²) in [5.74, 6) is 1.69. The van der Waals surface area contributed by atoms with E-state index in [4.69, 9.17) is 20.9 Å². The summed E-state index contributed by atoms with van der Waals surface area (Å²) < 4.78 is 10.7. The highest BCUT2D eigenvalue weighted by Crippen LogP contribution is 2.32. The molecule has 0 aliphatic rings. The Balaban J connectivity index is 1.52. The van der Waals surface area contributed by atoms with Gasteiger partial charge in [0.15, 0.2) is 11.6 Å². The zero-order valence-corrected chi connectivity index (χ0v) is 17.0. The lowest BCUT2D eigenvalue weighted by Gasteiger charge is -2.12. The quantitative estimate of drug-likeness (QED) is 0.535. The van der Waals surface area contributed by atoms with Crippen LogP contribution < -0.4 is 15.4 Å². The van der Waals surface area contributed by atoms with Crippen molar-refractivity contribution in [1.82, 2.24) is 5.16 Å². The molecule has 9 heteroatoms. The monoisotopic (exact) mass is 431 g/mol. The molecule has 0 radical (unpaired) electrons. The maximum atomic E-state index is 12.3. The van der Waals surface area contributed by atoms with Gasteiger partial charge in [-0.05, 0) is 37.3 Å². The number of para-hydroxylation sites is 1. The first kappa shape index (κ1) is 20.8. The van der Waals surface area contributed by atoms with Crippen molar-refractivity contribution in [2.45, 2.75) is 6.92 Å². The predicted octanol–water partition coefficient (Wildman–Crippen LogP) is 4.74. The lowest BCUT2D eigenvalue weighted by atomic mass is 10.3. The summed E-state index contributed by atoms with van der Waals surface area (Å²) in [6, 6.07) is 15.8. The zero-order chi connectivity index (χ0) is 20.6. The largest absolute Gasteiger partial charge is 0.455 e. The van der Waals surface area contributed by atoms with Crippen LogP contribution in [0.25, 0.3) is 0 Å². The molecule has 2 N–H and O–H groups in total. The number of hydrogen-bond donors (Lipinski definition) is 2. The number of aromatic nitrogens is 1. The molecule has 3 aromatic rings. The highest BCUT2D eigenvalue weighted by molar-refractivity contribution is 8.00. The van der Waals surface area contributed by atoms with Gasteiger partial charge in [0.25, 0.3) is 0 Å². The van der Waals surface area contributed by atoms with E-state index in [9.17, 15) is 9.59 Å². The Morgan fingerprint density at radius 3 is 2.48 bits per heavy atom. The topological polar surface area (TPSA) is 93.5 Å². The van der Waals surface area contributed by atoms with Gasteiger partial charge in [-0.15, -0.1) is 11.8 Å². The number of rotatable bonds is 8. The van der Waals surface area contributed by atoms with Crippen molar-refractivity contribution >= 4 is 46.7 Å². The smallest absolute Gasteiger partial charge is 0.235 e. The Bertz CT molecular complexity index is 994. The molecule has 0 spiro atoms. The molecule has 29 heavy (non-hydrogen) atoms. The Morgan fingerprint density at radius 1 is 1.07 bits per heavy atom. The zero-order valence-electron chi connectivity index (χ0n) is 15.5. The number of aryl methyl sites for hydroxylation is 1. The van der Waals surface area contributed by atoms with Gasteiger partial charge < -0.3 is 19.9 Å². The fraction of sp³-hybridized carbons (Fsp3) is 0.150. The van der Waals surface area contributed by atoms with E-state index in [-0.39, 0.29) is 23.3 Å². The normalized spacial score (nSPS) is 10.4. The van der Waals surface area contributed by atoms with E-state index in [1.165, 1.54) is 11.8 Å². The van der Waals surface area contributed by atoms with Crippen LogP contribution in [-0.2, 0) is 9.59 Å². The van der Waals surface area contributed by atoms with Crippen LogP contribution in [0.5, 0.6) is 11.5 Å². The van der Waals surface area contributed by atoms with Gasteiger partial charge in [-0.2, -0.15) is 0 Å². The highest BCUT2D eigenvalue weighted by Gasteiger charge is 2.12. The minimum absolute atomic E-state index is 0.0859. The molecule has 0 aliphatic carbocycles. The number of carbonyl (C=O) groups is 2. The van der Waals surface area contributed by atoms with E-state index < -0.39 is 0 Å². The number of ether oxygens (including phenoxy) is 1. The fourth-order valence-corrected chi connectivity index (χ4v) is 3.12. The molecule has 1 aromatic heterocycles. The van der Waals surface area contributed by atoms with Gasteiger partial charge in [0.05, 0.1) is 17.2 Å². The molecule has 0 saturated heterocycles. The van der Waals surface area contributed by atoms with E-state index >= 15 is 0 Å². The molecule has 0 saturated carbocycles. The van der Waals surface area contributed by atoms with Gasteiger partial charge in [-0.1, -0.05) is 35.0 Å². The molecule has 0 atom stereocenters. The Kier molecular flexibility index (Phi) is 7.15. The summed E-state index contributed by atoms with van der Waals surface area (Å²) in [5, 5.41) is 9.52. The number of nitrogens with one attached hydrogen (secondary N) is 2. The van der Waals surface area contributed by atoms with E-state index in [0.29, 0.717) is 33.8 Å². The average molecular weight is 432 g/mol. The summed E-state index contributed by atoms with van der Waals surface area (Å²) in [6.45, 7) is 1.73. The molecular formula is C20H18ClN3O4S. The number of nitrogens with zero attached hydrogens (tertiary/aromatic N) is 1. The second kappa shape index (κ2) is 9.99. The van der Waals surface area contributed by atoms with Gasteiger partial charge in [-0.25, -0.2) is 0 Å². The van der Waals surface area contributed by atoms with Crippen molar-refractivity contribution in [3.63, 3.8) is 0 Å². The summed E-state index contributed by atoms with van der Waals surface area (Å²) in [6.07, 6.45) is 0. The third kappa shape index (κ3) is 6.55. The van der Waals surface area contributed by atoms with Crippen LogP contribution in [0, 0.1) is 6.92 Å². The predicted molar refractivity (Wildman–Crippen MR) is 114 cm³/mol. The number of carbonyl (C=O) groups excluding carboxylic acids is 2. The lowest BCUT2D eigenvalue weighted by Crippen LogP contribution is -2.18. The second-order valence-corrected chi connectivity index (χ2v) is 7.39. The molecule has 0 unspecified atom stereocenters. The first-order valence-electron chi connectivity index (χ1n) is 8.63. The summed E-state index contributed by atoms with van der Waals surface area (Å²) in [5.41, 5.74) is 0.453. The Labute approximate surface area is 176 Å². The van der Waals surface area contributed by atoms with E-state index in [1.807, 2.05) is 30.3 Å². The molecule has 7 nitrogen and oxygen atoms in total. The number of hydrogen-bond acceptors (Lipinski definition) is 6. The fourth-order valence-electron chi connectivity index (χ4n) is 2.33. The van der Waals surface area contributed by atoms with Crippen molar-refractivity contribution in [2.24, 2.45) is 0 Å².